The number of nitrogens with zero attached hydrogens (tertiary/aromatic N) is 1. The molecule has 0 aromatic rings. The van der Waals surface area contributed by atoms with Gasteiger partial charge in [0.1, 0.15) is 0 Å². The van der Waals surface area contributed by atoms with Crippen LogP contribution in [-0.4, -0.2) is 50.6 Å². The van der Waals surface area contributed by atoms with E-state index in [1.807, 2.05) is 13.8 Å². The zero-order valence-electron chi connectivity index (χ0n) is 9.87. The second-order valence-electron chi connectivity index (χ2n) is 3.69. The summed E-state index contributed by atoms with van der Waals surface area (Å²) in [5.41, 5.74) is 0. The van der Waals surface area contributed by atoms with E-state index >= 15 is 0 Å². The van der Waals surface area contributed by atoms with Crippen LogP contribution >= 0.6 is 0 Å². The van der Waals surface area contributed by atoms with E-state index in [4.69, 9.17) is 4.74 Å². The van der Waals surface area contributed by atoms with Crippen LogP contribution in [0.1, 0.15) is 13.8 Å². The van der Waals surface area contributed by atoms with Gasteiger partial charge < -0.3 is 15.0 Å². The first-order chi connectivity index (χ1) is 6.99. The Labute approximate surface area is 90.8 Å². The second-order valence-corrected chi connectivity index (χ2v) is 3.69. The van der Waals surface area contributed by atoms with Crippen LogP contribution in [0, 0.1) is 5.92 Å². The summed E-state index contributed by atoms with van der Waals surface area (Å²) in [7, 11) is 3.19. The molecule has 5 heteroatoms. The maximum atomic E-state index is 11.4. The number of rotatable bonds is 6. The second kappa shape index (κ2) is 7.23. The van der Waals surface area contributed by atoms with Crippen LogP contribution in [0.15, 0.2) is 0 Å². The molecule has 0 bridgehead atoms. The number of nitrogens with one attached hydrogen (secondary N) is 1. The average Bonchev–Trinajstić information content (AvgIpc) is 2.16. The summed E-state index contributed by atoms with van der Waals surface area (Å²) in [4.78, 5) is 24.1. The van der Waals surface area contributed by atoms with E-state index in [-0.39, 0.29) is 24.3 Å². The molecule has 15 heavy (non-hydrogen) atoms. The lowest BCUT2D eigenvalue weighted by Gasteiger charge is -2.18. The summed E-state index contributed by atoms with van der Waals surface area (Å²) in [6.07, 6.45) is 0. The van der Waals surface area contributed by atoms with Gasteiger partial charge in [-0.05, 0) is 0 Å². The molecular formula is C10H20N2O3. The van der Waals surface area contributed by atoms with Crippen molar-refractivity contribution < 1.29 is 14.3 Å². The first-order valence-electron chi connectivity index (χ1n) is 4.99. The summed E-state index contributed by atoms with van der Waals surface area (Å²) < 4.78 is 4.79. The Morgan fingerprint density at radius 2 is 2.00 bits per heavy atom. The van der Waals surface area contributed by atoms with Gasteiger partial charge in [0, 0.05) is 26.6 Å². The Morgan fingerprint density at radius 3 is 2.47 bits per heavy atom. The zero-order chi connectivity index (χ0) is 11.8. The predicted octanol–water partition coefficient (Wildman–Crippen LogP) is -0.137. The molecule has 0 rings (SSSR count). The standard InChI is InChI=1S/C10H20N2O3/c1-8(2)10(14)12(3)7-9(13)11-5-6-15-4/h8H,5-7H2,1-4H3,(H,11,13). The van der Waals surface area contributed by atoms with Gasteiger partial charge in [-0.2, -0.15) is 0 Å². The largest absolute Gasteiger partial charge is 0.383 e. The van der Waals surface area contributed by atoms with Crippen molar-refractivity contribution >= 4 is 11.8 Å². The third-order valence-electron chi connectivity index (χ3n) is 1.88. The minimum atomic E-state index is -0.163. The summed E-state index contributed by atoms with van der Waals surface area (Å²) in [5, 5.41) is 2.65. The number of hydrogen-bond donors (Lipinski definition) is 1. The number of methoxy groups -OCH3 is 1. The van der Waals surface area contributed by atoms with E-state index < -0.39 is 0 Å². The van der Waals surface area contributed by atoms with E-state index in [1.165, 1.54) is 4.90 Å². The summed E-state index contributed by atoms with van der Waals surface area (Å²) >= 11 is 0. The zero-order valence-corrected chi connectivity index (χ0v) is 9.87. The van der Waals surface area contributed by atoms with Crippen LogP contribution in [0.4, 0.5) is 0 Å². The van der Waals surface area contributed by atoms with Gasteiger partial charge in [-0.25, -0.2) is 0 Å². The molecule has 0 heterocycles. The Hall–Kier alpha value is -1.10. The summed E-state index contributed by atoms with van der Waals surface area (Å²) in [6, 6.07) is 0. The van der Waals surface area contributed by atoms with E-state index in [2.05, 4.69) is 5.32 Å². The molecule has 0 spiro atoms. The molecule has 0 saturated carbocycles. The highest BCUT2D eigenvalue weighted by Crippen LogP contribution is 1.97. The SMILES string of the molecule is COCCNC(=O)CN(C)C(=O)C(C)C. The number of amides is 2. The molecule has 0 fully saturated rings. The fraction of sp³-hybridized carbons (Fsp3) is 0.800. The van der Waals surface area contributed by atoms with Gasteiger partial charge in [-0.3, -0.25) is 9.59 Å². The molecule has 0 unspecified atom stereocenters. The Morgan fingerprint density at radius 1 is 1.40 bits per heavy atom. The molecule has 0 radical (unpaired) electrons. The van der Waals surface area contributed by atoms with Crippen LogP contribution in [-0.2, 0) is 14.3 Å². The van der Waals surface area contributed by atoms with Gasteiger partial charge in [0.15, 0.2) is 0 Å². The van der Waals surface area contributed by atoms with Crippen molar-refractivity contribution in [2.75, 3.05) is 33.9 Å². The number of likely N-dealkylation sites (N-methyl/N-ethyl adjacent to an activating group) is 1. The van der Waals surface area contributed by atoms with Crippen molar-refractivity contribution in [1.29, 1.82) is 0 Å². The van der Waals surface area contributed by atoms with E-state index in [0.717, 1.165) is 0 Å². The van der Waals surface area contributed by atoms with Crippen molar-refractivity contribution in [1.82, 2.24) is 10.2 Å². The van der Waals surface area contributed by atoms with Crippen LogP contribution in [0.2, 0.25) is 0 Å². The lowest BCUT2D eigenvalue weighted by Crippen LogP contribution is -2.40. The van der Waals surface area contributed by atoms with Crippen molar-refractivity contribution in [2.45, 2.75) is 13.8 Å². The van der Waals surface area contributed by atoms with Gasteiger partial charge in [0.2, 0.25) is 11.8 Å². The number of hydrogen-bond acceptors (Lipinski definition) is 3. The summed E-state index contributed by atoms with van der Waals surface area (Å²) in [6.45, 7) is 4.66. The molecule has 0 aromatic heterocycles. The van der Waals surface area contributed by atoms with Crippen LogP contribution in [0.25, 0.3) is 0 Å². The van der Waals surface area contributed by atoms with Crippen LogP contribution < -0.4 is 5.32 Å². The third kappa shape index (κ3) is 6.06. The first kappa shape index (κ1) is 13.9. The monoisotopic (exact) mass is 216 g/mol. The predicted molar refractivity (Wildman–Crippen MR) is 57.4 cm³/mol. The quantitative estimate of drug-likeness (QED) is 0.629. The minimum absolute atomic E-state index is 0.0307. The normalized spacial score (nSPS) is 10.2. The van der Waals surface area contributed by atoms with Gasteiger partial charge in [-0.15, -0.1) is 0 Å². The average molecular weight is 216 g/mol. The van der Waals surface area contributed by atoms with Crippen molar-refractivity contribution in [3.63, 3.8) is 0 Å². The Kier molecular flexibility index (Phi) is 6.70. The van der Waals surface area contributed by atoms with Gasteiger partial charge in [0.25, 0.3) is 0 Å². The fourth-order valence-corrected chi connectivity index (χ4v) is 1.08. The van der Waals surface area contributed by atoms with Gasteiger partial charge in [0.05, 0.1) is 13.2 Å². The number of carbonyl (C=O) groups excluding carboxylic acids is 2. The molecule has 2 amide bonds. The van der Waals surface area contributed by atoms with Crippen molar-refractivity contribution in [3.8, 4) is 0 Å². The van der Waals surface area contributed by atoms with Gasteiger partial charge in [-0.1, -0.05) is 13.8 Å². The molecule has 0 aliphatic carbocycles. The lowest BCUT2D eigenvalue weighted by atomic mass is 10.2. The van der Waals surface area contributed by atoms with Crippen molar-refractivity contribution in [2.24, 2.45) is 5.92 Å². The van der Waals surface area contributed by atoms with Crippen molar-refractivity contribution in [3.05, 3.63) is 0 Å². The molecule has 88 valence electrons. The molecule has 1 N–H and O–H groups in total. The molecule has 0 saturated heterocycles. The molecule has 0 aliphatic rings. The third-order valence-corrected chi connectivity index (χ3v) is 1.88. The Bertz CT molecular complexity index is 217. The topological polar surface area (TPSA) is 58.6 Å². The van der Waals surface area contributed by atoms with Crippen LogP contribution in [0.5, 0.6) is 0 Å². The Balaban J connectivity index is 3.81. The number of carbonyl (C=O) groups is 2. The van der Waals surface area contributed by atoms with E-state index in [0.29, 0.717) is 13.2 Å². The van der Waals surface area contributed by atoms with Gasteiger partial charge >= 0.3 is 0 Å². The smallest absolute Gasteiger partial charge is 0.239 e. The highest BCUT2D eigenvalue weighted by atomic mass is 16.5. The molecule has 0 aromatic carbocycles. The first-order valence-corrected chi connectivity index (χ1v) is 4.99. The number of ether oxygens (including phenoxy) is 1. The minimum Gasteiger partial charge on any atom is -0.383 e. The highest BCUT2D eigenvalue weighted by molar-refractivity contribution is 5.85. The highest BCUT2D eigenvalue weighted by Gasteiger charge is 2.15. The molecular weight excluding hydrogens is 196 g/mol. The fourth-order valence-electron chi connectivity index (χ4n) is 1.08. The maximum absolute atomic E-state index is 11.4. The molecule has 0 aliphatic heterocycles. The molecule has 5 nitrogen and oxygen atoms in total. The lowest BCUT2D eigenvalue weighted by molar-refractivity contribution is -0.137. The van der Waals surface area contributed by atoms with E-state index in [1.54, 1.807) is 14.2 Å². The van der Waals surface area contributed by atoms with Crippen LogP contribution in [0.3, 0.4) is 0 Å². The maximum Gasteiger partial charge on any atom is 0.239 e. The molecule has 0 atom stereocenters. The van der Waals surface area contributed by atoms with E-state index in [9.17, 15) is 9.59 Å². The summed E-state index contributed by atoms with van der Waals surface area (Å²) in [5.74, 6) is -0.276.